The molecule has 3 heterocycles. The number of anilines is 3. The van der Waals surface area contributed by atoms with E-state index in [1.165, 1.54) is 6.33 Å². The van der Waals surface area contributed by atoms with Gasteiger partial charge in [-0.2, -0.15) is 0 Å². The molecular weight excluding hydrogens is 356 g/mol. The topological polar surface area (TPSA) is 115 Å². The van der Waals surface area contributed by atoms with Gasteiger partial charge in [-0.1, -0.05) is 30.7 Å². The number of carbonyl (C=O) groups excluding carboxylic acids is 1. The molecule has 8 heteroatoms. The van der Waals surface area contributed by atoms with Crippen molar-refractivity contribution in [1.29, 1.82) is 0 Å². The van der Waals surface area contributed by atoms with Gasteiger partial charge in [-0.15, -0.1) is 0 Å². The van der Waals surface area contributed by atoms with Crippen LogP contribution in [0.3, 0.4) is 0 Å². The van der Waals surface area contributed by atoms with Gasteiger partial charge in [-0.3, -0.25) is 14.2 Å². The van der Waals surface area contributed by atoms with Gasteiger partial charge in [-0.05, 0) is 25.7 Å². The molecule has 1 saturated carbocycles. The highest BCUT2D eigenvalue weighted by Gasteiger charge is 2.45. The molecule has 8 nitrogen and oxygen atoms in total. The Balaban J connectivity index is 1.79. The van der Waals surface area contributed by atoms with E-state index in [1.54, 1.807) is 10.6 Å². The number of amides is 1. The predicted molar refractivity (Wildman–Crippen MR) is 106 cm³/mol. The average molecular weight is 376 g/mol. The van der Waals surface area contributed by atoms with Crippen LogP contribution < -0.4 is 21.9 Å². The number of rotatable bonds is 2. The lowest BCUT2D eigenvalue weighted by Gasteiger charge is -2.35. The molecule has 142 valence electrons. The molecule has 1 amide bonds. The number of nitrogens with one attached hydrogen (secondary N) is 2. The second-order valence-electron chi connectivity index (χ2n) is 7.41. The van der Waals surface area contributed by atoms with Gasteiger partial charge < -0.3 is 16.4 Å². The molecule has 0 atom stereocenters. The summed E-state index contributed by atoms with van der Waals surface area (Å²) in [5.41, 5.74) is 5.71. The fourth-order valence-electron chi connectivity index (χ4n) is 4.49. The summed E-state index contributed by atoms with van der Waals surface area (Å²) in [7, 11) is 0. The van der Waals surface area contributed by atoms with E-state index in [2.05, 4.69) is 20.6 Å². The van der Waals surface area contributed by atoms with Crippen molar-refractivity contribution < 1.29 is 4.79 Å². The maximum Gasteiger partial charge on any atom is 0.277 e. The second-order valence-corrected chi connectivity index (χ2v) is 7.41. The summed E-state index contributed by atoms with van der Waals surface area (Å²) in [5.74, 6) is 0.557. The zero-order valence-electron chi connectivity index (χ0n) is 15.2. The molecule has 2 aliphatic rings. The maximum atomic E-state index is 13.6. The van der Waals surface area contributed by atoms with E-state index in [4.69, 9.17) is 5.73 Å². The highest BCUT2D eigenvalue weighted by Crippen LogP contribution is 2.39. The highest BCUT2D eigenvalue weighted by molar-refractivity contribution is 6.10. The monoisotopic (exact) mass is 376 g/mol. The number of fused-ring (bicyclic) bond motifs is 4. The van der Waals surface area contributed by atoms with Crippen molar-refractivity contribution in [3.63, 3.8) is 0 Å². The quantitative estimate of drug-likeness (QED) is 0.633. The molecule has 0 unspecified atom stereocenters. The van der Waals surface area contributed by atoms with Gasteiger partial charge in [0.1, 0.15) is 35.0 Å². The van der Waals surface area contributed by atoms with Crippen LogP contribution in [0.2, 0.25) is 0 Å². The van der Waals surface area contributed by atoms with Crippen LogP contribution in [-0.2, 0) is 5.66 Å². The van der Waals surface area contributed by atoms with Crippen LogP contribution in [0.25, 0.3) is 10.8 Å². The lowest BCUT2D eigenvalue weighted by atomic mass is 9.89. The number of nitrogens with two attached hydrogens (primary N) is 1. The van der Waals surface area contributed by atoms with Crippen molar-refractivity contribution >= 4 is 34.0 Å². The van der Waals surface area contributed by atoms with Gasteiger partial charge in [0.25, 0.3) is 11.5 Å². The Hall–Kier alpha value is -3.42. The van der Waals surface area contributed by atoms with Gasteiger partial charge in [0.2, 0.25) is 0 Å². The standard InChI is InChI=1S/C20H20N6O2/c21-14-10-15(23-11-22-14)24-16-12-6-2-3-7-13(12)17-18(27)25-20(26(17)19(16)28)8-4-1-5-9-20/h2-3,6-7,10-11H,1,4-5,8-9H2,(H,25,27)(H3,21,22,23,24). The summed E-state index contributed by atoms with van der Waals surface area (Å²) in [5, 5.41) is 7.66. The minimum atomic E-state index is -0.646. The summed E-state index contributed by atoms with van der Waals surface area (Å²) in [6.07, 6.45) is 5.92. The molecule has 1 spiro atoms. The molecule has 4 N–H and O–H groups in total. The van der Waals surface area contributed by atoms with Crippen LogP contribution in [0.15, 0.2) is 41.5 Å². The molecule has 1 aliphatic carbocycles. The summed E-state index contributed by atoms with van der Waals surface area (Å²) >= 11 is 0. The Labute approximate surface area is 160 Å². The van der Waals surface area contributed by atoms with Crippen LogP contribution in [0.5, 0.6) is 0 Å². The van der Waals surface area contributed by atoms with Gasteiger partial charge >= 0.3 is 0 Å². The number of pyridine rings is 1. The van der Waals surface area contributed by atoms with Crippen LogP contribution in [-0.4, -0.2) is 20.4 Å². The Kier molecular flexibility index (Phi) is 3.61. The van der Waals surface area contributed by atoms with E-state index >= 15 is 0 Å². The van der Waals surface area contributed by atoms with Crippen molar-refractivity contribution in [3.8, 4) is 0 Å². The lowest BCUT2D eigenvalue weighted by Crippen LogP contribution is -2.48. The van der Waals surface area contributed by atoms with Crippen LogP contribution in [0.1, 0.15) is 42.6 Å². The van der Waals surface area contributed by atoms with Crippen LogP contribution >= 0.6 is 0 Å². The minimum absolute atomic E-state index is 0.187. The molecule has 0 radical (unpaired) electrons. The summed E-state index contributed by atoms with van der Waals surface area (Å²) in [6.45, 7) is 0. The number of aromatic nitrogens is 3. The zero-order valence-corrected chi connectivity index (χ0v) is 15.2. The molecule has 1 fully saturated rings. The third kappa shape index (κ3) is 2.37. The molecule has 1 aromatic carbocycles. The van der Waals surface area contributed by atoms with E-state index in [1.807, 2.05) is 24.3 Å². The molecule has 28 heavy (non-hydrogen) atoms. The molecule has 5 rings (SSSR count). The van der Waals surface area contributed by atoms with Gasteiger partial charge in [0.05, 0.1) is 0 Å². The minimum Gasteiger partial charge on any atom is -0.384 e. The number of benzene rings is 1. The third-order valence-corrected chi connectivity index (χ3v) is 5.70. The van der Waals surface area contributed by atoms with Gasteiger partial charge in [-0.25, -0.2) is 9.97 Å². The van der Waals surface area contributed by atoms with Gasteiger partial charge in [0.15, 0.2) is 0 Å². The first kappa shape index (κ1) is 16.7. The van der Waals surface area contributed by atoms with Crippen LogP contribution in [0.4, 0.5) is 17.3 Å². The summed E-state index contributed by atoms with van der Waals surface area (Å²) < 4.78 is 1.67. The third-order valence-electron chi connectivity index (χ3n) is 5.70. The summed E-state index contributed by atoms with van der Waals surface area (Å²) in [6, 6.07) is 9.01. The largest absolute Gasteiger partial charge is 0.384 e. The van der Waals surface area contributed by atoms with Gasteiger partial charge in [0, 0.05) is 16.8 Å². The van der Waals surface area contributed by atoms with Crippen molar-refractivity contribution in [2.45, 2.75) is 37.8 Å². The first-order chi connectivity index (χ1) is 13.6. The van der Waals surface area contributed by atoms with Crippen molar-refractivity contribution in [2.75, 3.05) is 11.1 Å². The maximum absolute atomic E-state index is 13.6. The van der Waals surface area contributed by atoms with E-state index in [-0.39, 0.29) is 11.5 Å². The van der Waals surface area contributed by atoms with E-state index in [0.717, 1.165) is 37.5 Å². The Morgan fingerprint density at radius 1 is 1.07 bits per heavy atom. The Morgan fingerprint density at radius 3 is 2.57 bits per heavy atom. The number of carbonyl (C=O) groups is 1. The van der Waals surface area contributed by atoms with Crippen molar-refractivity contribution in [1.82, 2.24) is 19.9 Å². The molecule has 3 aromatic rings. The van der Waals surface area contributed by atoms with Crippen LogP contribution in [0, 0.1) is 0 Å². The zero-order chi connectivity index (χ0) is 19.3. The smallest absolute Gasteiger partial charge is 0.277 e. The van der Waals surface area contributed by atoms with Crippen molar-refractivity contribution in [2.24, 2.45) is 0 Å². The fraction of sp³-hybridized carbons (Fsp3) is 0.300. The number of hydrogen-bond donors (Lipinski definition) is 3. The fourth-order valence-corrected chi connectivity index (χ4v) is 4.49. The Morgan fingerprint density at radius 2 is 1.82 bits per heavy atom. The molecule has 2 aromatic heterocycles. The second kappa shape index (κ2) is 6.05. The summed E-state index contributed by atoms with van der Waals surface area (Å²) in [4.78, 5) is 34.6. The number of nitrogens with zero attached hydrogens (tertiary/aromatic N) is 3. The normalized spacial score (nSPS) is 17.5. The van der Waals surface area contributed by atoms with E-state index in [9.17, 15) is 9.59 Å². The SMILES string of the molecule is Nc1cc(Nc2c(=O)n3c(c4ccccc24)C(=O)NC32CCCCC2)ncn1. The first-order valence-electron chi connectivity index (χ1n) is 9.44. The molecule has 0 bridgehead atoms. The lowest BCUT2D eigenvalue weighted by molar-refractivity contribution is 0.0877. The Bertz CT molecular complexity index is 1160. The van der Waals surface area contributed by atoms with E-state index in [0.29, 0.717) is 28.4 Å². The van der Waals surface area contributed by atoms with E-state index < -0.39 is 5.66 Å². The predicted octanol–water partition coefficient (Wildman–Crippen LogP) is 2.48. The number of hydrogen-bond acceptors (Lipinski definition) is 6. The average Bonchev–Trinajstić information content (AvgIpc) is 2.97. The number of nitrogen functional groups attached to an aromatic ring is 1. The first-order valence-corrected chi connectivity index (χ1v) is 9.44. The van der Waals surface area contributed by atoms with Crippen molar-refractivity contribution in [3.05, 3.63) is 52.7 Å². The highest BCUT2D eigenvalue weighted by atomic mass is 16.2. The molecular formula is C20H20N6O2. The molecule has 0 saturated heterocycles. The molecule has 1 aliphatic heterocycles.